The van der Waals surface area contributed by atoms with Crippen LogP contribution in [0.15, 0.2) is 182 Å². The highest BCUT2D eigenvalue weighted by Crippen LogP contribution is 2.39. The molecule has 0 saturated carbocycles. The van der Waals surface area contributed by atoms with Crippen LogP contribution in [0.4, 0.5) is 0 Å². The number of aromatic nitrogens is 4. The lowest BCUT2D eigenvalue weighted by Crippen LogP contribution is -1.96. The third-order valence-electron chi connectivity index (χ3n) is 9.21. The fourth-order valence-electron chi connectivity index (χ4n) is 6.67. The number of nitrogens with zero attached hydrogens (tertiary/aromatic N) is 4. The molecule has 0 amide bonds. The molecule has 0 aliphatic heterocycles. The van der Waals surface area contributed by atoms with Crippen molar-refractivity contribution >= 4 is 21.8 Å². The van der Waals surface area contributed by atoms with Crippen molar-refractivity contribution in [3.8, 4) is 67.3 Å². The van der Waals surface area contributed by atoms with Crippen molar-refractivity contribution in [2.75, 3.05) is 0 Å². The molecule has 0 bridgehead atoms. The van der Waals surface area contributed by atoms with Crippen LogP contribution in [0.5, 0.6) is 0 Å². The Morgan fingerprint density at radius 1 is 0.280 bits per heavy atom. The molecule has 50 heavy (non-hydrogen) atoms. The average Bonchev–Trinajstić information content (AvgIpc) is 3.21. The van der Waals surface area contributed by atoms with Gasteiger partial charge in [-0.1, -0.05) is 133 Å². The van der Waals surface area contributed by atoms with Crippen molar-refractivity contribution in [3.05, 3.63) is 182 Å². The zero-order chi connectivity index (χ0) is 33.3. The lowest BCUT2D eigenvalue weighted by Gasteiger charge is -2.15. The molecule has 0 aliphatic carbocycles. The Morgan fingerprint density at radius 3 is 1.00 bits per heavy atom. The first kappa shape index (κ1) is 29.4. The minimum atomic E-state index is 0.872. The molecular formula is C46H30N4. The van der Waals surface area contributed by atoms with Crippen molar-refractivity contribution in [3.63, 3.8) is 0 Å². The van der Waals surface area contributed by atoms with Crippen LogP contribution in [0, 0.1) is 0 Å². The zero-order valence-corrected chi connectivity index (χ0v) is 27.1. The van der Waals surface area contributed by atoms with Gasteiger partial charge in [-0.3, -0.25) is 9.97 Å². The van der Waals surface area contributed by atoms with E-state index in [1.165, 1.54) is 0 Å². The maximum Gasteiger partial charge on any atom is 0.0978 e. The Balaban J connectivity index is 1.28. The van der Waals surface area contributed by atoms with Gasteiger partial charge in [-0.15, -0.1) is 0 Å². The first-order valence-electron chi connectivity index (χ1n) is 16.7. The van der Waals surface area contributed by atoms with Gasteiger partial charge in [-0.25, -0.2) is 9.97 Å². The quantitative estimate of drug-likeness (QED) is 0.170. The molecule has 0 aliphatic rings. The second-order valence-electron chi connectivity index (χ2n) is 12.3. The van der Waals surface area contributed by atoms with Gasteiger partial charge >= 0.3 is 0 Å². The molecule has 0 saturated heterocycles. The highest BCUT2D eigenvalue weighted by Gasteiger charge is 2.17. The van der Waals surface area contributed by atoms with Crippen LogP contribution in [0.25, 0.3) is 89.1 Å². The summed E-state index contributed by atoms with van der Waals surface area (Å²) in [5.41, 5.74) is 14.1. The second-order valence-corrected chi connectivity index (χ2v) is 12.3. The minimum Gasteiger partial charge on any atom is -0.256 e. The van der Waals surface area contributed by atoms with Crippen LogP contribution >= 0.6 is 0 Å². The Kier molecular flexibility index (Phi) is 7.45. The highest BCUT2D eigenvalue weighted by molar-refractivity contribution is 6.13. The fourth-order valence-corrected chi connectivity index (χ4v) is 6.67. The van der Waals surface area contributed by atoms with Gasteiger partial charge in [0.1, 0.15) is 0 Å². The molecule has 9 rings (SSSR count). The van der Waals surface area contributed by atoms with Gasteiger partial charge in [0.15, 0.2) is 0 Å². The smallest absolute Gasteiger partial charge is 0.0978 e. The topological polar surface area (TPSA) is 51.6 Å². The molecule has 234 valence electrons. The summed E-state index contributed by atoms with van der Waals surface area (Å²) in [6, 6.07) is 58.9. The molecule has 0 fully saturated rings. The maximum absolute atomic E-state index is 5.40. The minimum absolute atomic E-state index is 0.872. The standard InChI is InChI=1S/C46H30N4/c1-3-11-31(12-4-1)39-29-43(35-21-17-33(18-22-35)41-15-7-9-27-47-41)49-45-37(39)25-26-38-40(32-13-5-2-6-14-32)30-44(50-46(38)45)36-23-19-34(20-24-36)42-16-8-10-28-48-42/h1-30H. The number of hydrogen-bond donors (Lipinski definition) is 0. The molecule has 9 aromatic rings. The van der Waals surface area contributed by atoms with E-state index in [0.29, 0.717) is 0 Å². The Labute approximate surface area is 290 Å². The maximum atomic E-state index is 5.40. The van der Waals surface area contributed by atoms with E-state index >= 15 is 0 Å². The molecule has 5 aromatic carbocycles. The number of hydrogen-bond acceptors (Lipinski definition) is 4. The summed E-state index contributed by atoms with van der Waals surface area (Å²) in [5, 5.41) is 2.12. The molecule has 0 spiro atoms. The average molecular weight is 639 g/mol. The predicted molar refractivity (Wildman–Crippen MR) is 205 cm³/mol. The first-order valence-corrected chi connectivity index (χ1v) is 16.7. The van der Waals surface area contributed by atoms with Crippen molar-refractivity contribution in [1.82, 2.24) is 19.9 Å². The molecule has 0 unspecified atom stereocenters. The van der Waals surface area contributed by atoms with Crippen molar-refractivity contribution < 1.29 is 0 Å². The highest BCUT2D eigenvalue weighted by atomic mass is 14.8. The van der Waals surface area contributed by atoms with Crippen LogP contribution < -0.4 is 0 Å². The molecule has 4 heterocycles. The lowest BCUT2D eigenvalue weighted by molar-refractivity contribution is 1.32. The van der Waals surface area contributed by atoms with Crippen LogP contribution in [-0.4, -0.2) is 19.9 Å². The lowest BCUT2D eigenvalue weighted by atomic mass is 9.93. The van der Waals surface area contributed by atoms with Crippen LogP contribution in [0.3, 0.4) is 0 Å². The van der Waals surface area contributed by atoms with Crippen molar-refractivity contribution in [2.45, 2.75) is 0 Å². The summed E-state index contributed by atoms with van der Waals surface area (Å²) in [7, 11) is 0. The molecular weight excluding hydrogens is 609 g/mol. The summed E-state index contributed by atoms with van der Waals surface area (Å²) in [6.45, 7) is 0. The van der Waals surface area contributed by atoms with Crippen molar-refractivity contribution in [1.29, 1.82) is 0 Å². The third-order valence-corrected chi connectivity index (χ3v) is 9.21. The van der Waals surface area contributed by atoms with E-state index in [4.69, 9.17) is 9.97 Å². The Hall–Kier alpha value is -6.78. The third kappa shape index (κ3) is 5.49. The van der Waals surface area contributed by atoms with Gasteiger partial charge in [0.25, 0.3) is 0 Å². The number of rotatable bonds is 6. The van der Waals surface area contributed by atoms with E-state index in [1.54, 1.807) is 0 Å². The fraction of sp³-hybridized carbons (Fsp3) is 0. The predicted octanol–water partition coefficient (Wildman–Crippen LogP) is 11.6. The van der Waals surface area contributed by atoms with E-state index < -0.39 is 0 Å². The largest absolute Gasteiger partial charge is 0.256 e. The van der Waals surface area contributed by atoms with Gasteiger partial charge in [-0.05, 0) is 58.7 Å². The Morgan fingerprint density at radius 2 is 0.640 bits per heavy atom. The monoisotopic (exact) mass is 638 g/mol. The van der Waals surface area contributed by atoms with Gasteiger partial charge < -0.3 is 0 Å². The number of fused-ring (bicyclic) bond motifs is 3. The summed E-state index contributed by atoms with van der Waals surface area (Å²) in [4.78, 5) is 19.9. The van der Waals surface area contributed by atoms with Crippen LogP contribution in [0.2, 0.25) is 0 Å². The second kappa shape index (κ2) is 12.7. The van der Waals surface area contributed by atoms with Gasteiger partial charge in [0.2, 0.25) is 0 Å². The zero-order valence-electron chi connectivity index (χ0n) is 27.1. The summed E-state index contributed by atoms with van der Waals surface area (Å²) in [6.07, 6.45) is 3.65. The van der Waals surface area contributed by atoms with E-state index in [9.17, 15) is 0 Å². The van der Waals surface area contributed by atoms with Crippen LogP contribution in [0.1, 0.15) is 0 Å². The van der Waals surface area contributed by atoms with Gasteiger partial charge in [0.05, 0.1) is 33.8 Å². The normalized spacial score (nSPS) is 11.2. The van der Waals surface area contributed by atoms with Gasteiger partial charge in [-0.2, -0.15) is 0 Å². The van der Waals surface area contributed by atoms with E-state index in [1.807, 2.05) is 48.8 Å². The number of benzene rings is 5. The molecule has 0 radical (unpaired) electrons. The molecule has 4 heteroatoms. The van der Waals surface area contributed by atoms with Gasteiger partial charge in [0, 0.05) is 45.4 Å². The summed E-state index contributed by atoms with van der Waals surface area (Å²) in [5.74, 6) is 0. The van der Waals surface area contributed by atoms with Crippen molar-refractivity contribution in [2.24, 2.45) is 0 Å². The first-order chi connectivity index (χ1) is 24.8. The Bertz CT molecular complexity index is 2400. The molecule has 0 N–H and O–H groups in total. The summed E-state index contributed by atoms with van der Waals surface area (Å²) < 4.78 is 0. The van der Waals surface area contributed by atoms with E-state index in [2.05, 4.69) is 143 Å². The molecule has 4 aromatic heterocycles. The SMILES string of the molecule is c1ccc(-c2cc(-c3ccc(-c4ccccn4)cc3)nc3c2ccc2c(-c4ccccc4)cc(-c4ccc(-c5ccccn5)cc4)nc23)cc1. The van der Waals surface area contributed by atoms with Crippen LogP contribution in [-0.2, 0) is 0 Å². The van der Waals surface area contributed by atoms with E-state index in [0.717, 1.165) is 89.1 Å². The molecule has 0 atom stereocenters. The molecule has 4 nitrogen and oxygen atoms in total. The number of pyridine rings is 4. The summed E-state index contributed by atoms with van der Waals surface area (Å²) >= 11 is 0. The van der Waals surface area contributed by atoms with E-state index in [-0.39, 0.29) is 0 Å².